The van der Waals surface area contributed by atoms with E-state index in [2.05, 4.69) is 23.7 Å². The van der Waals surface area contributed by atoms with Gasteiger partial charge in [0.05, 0.1) is 6.20 Å². The van der Waals surface area contributed by atoms with Crippen LogP contribution in [-0.4, -0.2) is 6.61 Å². The van der Waals surface area contributed by atoms with Gasteiger partial charge in [-0.2, -0.15) is 0 Å². The summed E-state index contributed by atoms with van der Waals surface area (Å²) < 4.78 is 0. The third-order valence-electron chi connectivity index (χ3n) is 1.65. The SMILES string of the molecule is C1=CC2=C[N]OCC2=CC1. The normalized spacial score (nSPS) is 22.4. The number of rotatable bonds is 0. The highest BCUT2D eigenvalue weighted by molar-refractivity contribution is 5.43. The Balaban J connectivity index is 2.32. The van der Waals surface area contributed by atoms with Gasteiger partial charge in [0.1, 0.15) is 6.61 Å². The quantitative estimate of drug-likeness (QED) is 0.490. The van der Waals surface area contributed by atoms with Crippen LogP contribution >= 0.6 is 0 Å². The van der Waals surface area contributed by atoms with E-state index in [4.69, 9.17) is 4.84 Å². The summed E-state index contributed by atoms with van der Waals surface area (Å²) in [7, 11) is 0. The summed E-state index contributed by atoms with van der Waals surface area (Å²) >= 11 is 0. The van der Waals surface area contributed by atoms with E-state index >= 15 is 0 Å². The van der Waals surface area contributed by atoms with Crippen LogP contribution in [0.15, 0.2) is 35.6 Å². The second-order valence-corrected chi connectivity index (χ2v) is 2.33. The molecule has 0 aromatic heterocycles. The fourth-order valence-electron chi connectivity index (χ4n) is 1.10. The lowest BCUT2D eigenvalue weighted by Gasteiger charge is -2.15. The molecule has 0 saturated carbocycles. The minimum Gasteiger partial charge on any atom is -0.247 e. The van der Waals surface area contributed by atoms with E-state index in [0.29, 0.717) is 6.61 Å². The van der Waals surface area contributed by atoms with E-state index in [-0.39, 0.29) is 0 Å². The number of hydrogen-bond acceptors (Lipinski definition) is 1. The molecule has 0 amide bonds. The molecule has 1 aliphatic heterocycles. The van der Waals surface area contributed by atoms with Crippen molar-refractivity contribution in [2.75, 3.05) is 6.61 Å². The molecule has 0 aromatic rings. The molecule has 0 bridgehead atoms. The first-order chi connectivity index (χ1) is 4.97. The topological polar surface area (TPSA) is 23.3 Å². The zero-order valence-electron chi connectivity index (χ0n) is 5.58. The Kier molecular flexibility index (Phi) is 1.32. The molecule has 51 valence electrons. The molecule has 0 unspecified atom stereocenters. The Hall–Kier alpha value is -1.02. The lowest BCUT2D eigenvalue weighted by atomic mass is 10.0. The van der Waals surface area contributed by atoms with Crippen molar-refractivity contribution in [3.8, 4) is 0 Å². The highest BCUT2D eigenvalue weighted by atomic mass is 16.6. The number of fused-ring (bicyclic) bond motifs is 1. The Morgan fingerprint density at radius 2 is 2.50 bits per heavy atom. The molecule has 2 nitrogen and oxygen atoms in total. The van der Waals surface area contributed by atoms with Gasteiger partial charge in [-0.1, -0.05) is 18.2 Å². The average Bonchev–Trinajstić information content (AvgIpc) is 2.05. The van der Waals surface area contributed by atoms with Crippen molar-refractivity contribution in [3.05, 3.63) is 35.6 Å². The zero-order valence-corrected chi connectivity index (χ0v) is 5.58. The zero-order chi connectivity index (χ0) is 6.81. The van der Waals surface area contributed by atoms with Gasteiger partial charge in [0.15, 0.2) is 0 Å². The summed E-state index contributed by atoms with van der Waals surface area (Å²) in [6.07, 6.45) is 9.15. The lowest BCUT2D eigenvalue weighted by Crippen LogP contribution is -2.12. The Labute approximate surface area is 59.8 Å². The fraction of sp³-hybridized carbons (Fsp3) is 0.250. The summed E-state index contributed by atoms with van der Waals surface area (Å²) in [6, 6.07) is 0. The Morgan fingerprint density at radius 3 is 3.40 bits per heavy atom. The van der Waals surface area contributed by atoms with Crippen molar-refractivity contribution in [2.45, 2.75) is 6.42 Å². The molecule has 2 heteroatoms. The molecule has 1 radical (unpaired) electrons. The minimum absolute atomic E-state index is 0.635. The number of nitrogens with zero attached hydrogens (tertiary/aromatic N) is 1. The molecular weight excluding hydrogens is 126 g/mol. The molecule has 10 heavy (non-hydrogen) atoms. The molecule has 0 spiro atoms. The third-order valence-corrected chi connectivity index (χ3v) is 1.65. The standard InChI is InChI=1S/C8H8NO/c1-2-4-8-6-10-9-5-7(8)3-1/h1,3-5H,2,6H2. The van der Waals surface area contributed by atoms with Gasteiger partial charge >= 0.3 is 0 Å². The van der Waals surface area contributed by atoms with Crippen LogP contribution in [0, 0.1) is 0 Å². The average molecular weight is 134 g/mol. The van der Waals surface area contributed by atoms with Crippen LogP contribution in [0.2, 0.25) is 0 Å². The first-order valence-electron chi connectivity index (χ1n) is 3.35. The first-order valence-corrected chi connectivity index (χ1v) is 3.35. The highest BCUT2D eigenvalue weighted by Gasteiger charge is 2.09. The maximum Gasteiger partial charge on any atom is 0.103 e. The molecule has 0 fully saturated rings. The molecule has 1 heterocycles. The first kappa shape index (κ1) is 5.74. The highest BCUT2D eigenvalue weighted by Crippen LogP contribution is 2.19. The van der Waals surface area contributed by atoms with Crippen LogP contribution in [0.4, 0.5) is 0 Å². The van der Waals surface area contributed by atoms with Gasteiger partial charge in [-0.05, 0) is 12.0 Å². The third kappa shape index (κ3) is 0.866. The van der Waals surface area contributed by atoms with Gasteiger partial charge in [0, 0.05) is 5.57 Å². The summed E-state index contributed by atoms with van der Waals surface area (Å²) in [6.45, 7) is 0.635. The minimum atomic E-state index is 0.635. The van der Waals surface area contributed by atoms with Crippen LogP contribution in [0.3, 0.4) is 0 Å². The summed E-state index contributed by atoms with van der Waals surface area (Å²) in [4.78, 5) is 4.89. The van der Waals surface area contributed by atoms with Crippen molar-refractivity contribution < 1.29 is 4.84 Å². The molecule has 0 atom stereocenters. The largest absolute Gasteiger partial charge is 0.247 e. The van der Waals surface area contributed by atoms with E-state index in [1.807, 2.05) is 0 Å². The molecule has 0 N–H and O–H groups in total. The van der Waals surface area contributed by atoms with Crippen molar-refractivity contribution in [2.24, 2.45) is 0 Å². The number of allylic oxidation sites excluding steroid dienone is 3. The molecule has 0 saturated heterocycles. The number of hydroxylamine groups is 1. The Morgan fingerprint density at radius 1 is 1.50 bits per heavy atom. The number of hydrogen-bond donors (Lipinski definition) is 0. The van der Waals surface area contributed by atoms with Crippen LogP contribution in [0.25, 0.3) is 0 Å². The van der Waals surface area contributed by atoms with Crippen LogP contribution in [-0.2, 0) is 4.84 Å². The van der Waals surface area contributed by atoms with Crippen LogP contribution < -0.4 is 5.48 Å². The molecule has 1 aliphatic carbocycles. The predicted molar refractivity (Wildman–Crippen MR) is 38.0 cm³/mol. The molecule has 2 rings (SSSR count). The van der Waals surface area contributed by atoms with Crippen molar-refractivity contribution in [1.29, 1.82) is 0 Å². The maximum absolute atomic E-state index is 4.89. The van der Waals surface area contributed by atoms with Gasteiger partial charge in [-0.25, -0.2) is 4.84 Å². The fourth-order valence-corrected chi connectivity index (χ4v) is 1.10. The monoisotopic (exact) mass is 134 g/mol. The van der Waals surface area contributed by atoms with Gasteiger partial charge in [-0.15, -0.1) is 5.48 Å². The molecule has 0 aromatic carbocycles. The Bertz CT molecular complexity index is 225. The molecular formula is C8H8NO. The van der Waals surface area contributed by atoms with E-state index in [1.165, 1.54) is 11.1 Å². The summed E-state index contributed by atoms with van der Waals surface area (Å²) in [5.41, 5.74) is 6.16. The van der Waals surface area contributed by atoms with Gasteiger partial charge in [0.25, 0.3) is 0 Å². The van der Waals surface area contributed by atoms with E-state index in [0.717, 1.165) is 6.42 Å². The van der Waals surface area contributed by atoms with Gasteiger partial charge in [-0.3, -0.25) is 0 Å². The van der Waals surface area contributed by atoms with Crippen LogP contribution in [0.5, 0.6) is 0 Å². The van der Waals surface area contributed by atoms with E-state index < -0.39 is 0 Å². The summed E-state index contributed by atoms with van der Waals surface area (Å²) in [5, 5.41) is 0. The van der Waals surface area contributed by atoms with Crippen LogP contribution in [0.1, 0.15) is 6.42 Å². The maximum atomic E-state index is 4.89. The summed E-state index contributed by atoms with van der Waals surface area (Å²) in [5.74, 6) is 0. The predicted octanol–water partition coefficient (Wildman–Crippen LogP) is 1.31. The van der Waals surface area contributed by atoms with Crippen molar-refractivity contribution >= 4 is 0 Å². The lowest BCUT2D eigenvalue weighted by molar-refractivity contribution is 0.0754. The smallest absolute Gasteiger partial charge is 0.103 e. The van der Waals surface area contributed by atoms with Gasteiger partial charge < -0.3 is 0 Å². The van der Waals surface area contributed by atoms with Gasteiger partial charge in [0.2, 0.25) is 0 Å². The second-order valence-electron chi connectivity index (χ2n) is 2.33. The van der Waals surface area contributed by atoms with Crippen molar-refractivity contribution in [3.63, 3.8) is 0 Å². The van der Waals surface area contributed by atoms with E-state index in [9.17, 15) is 0 Å². The van der Waals surface area contributed by atoms with E-state index in [1.54, 1.807) is 6.20 Å². The second kappa shape index (κ2) is 2.31. The van der Waals surface area contributed by atoms with Crippen molar-refractivity contribution in [1.82, 2.24) is 5.48 Å². The molecule has 2 aliphatic rings.